The van der Waals surface area contributed by atoms with Crippen LogP contribution in [-0.2, 0) is 23.0 Å². The summed E-state index contributed by atoms with van der Waals surface area (Å²) in [6.07, 6.45) is 3.71. The van der Waals surface area contributed by atoms with Gasteiger partial charge in [-0.05, 0) is 50.8 Å². The summed E-state index contributed by atoms with van der Waals surface area (Å²) in [6.45, 7) is 2.61. The maximum Gasteiger partial charge on any atom is 0.184 e. The molecule has 4 aromatic rings. The topological polar surface area (TPSA) is 109 Å². The Balaban J connectivity index is 1.44. The molecule has 3 aromatic heterocycles. The molecule has 1 aliphatic carbocycles. The number of pyridine rings is 1. The van der Waals surface area contributed by atoms with Crippen molar-refractivity contribution in [2.24, 2.45) is 13.0 Å². The van der Waals surface area contributed by atoms with E-state index in [2.05, 4.69) is 15.4 Å². The number of nitrogens with one attached hydrogen (secondary N) is 1. The smallest absolute Gasteiger partial charge is 0.184 e. The molecule has 2 aliphatic rings. The largest absolute Gasteiger partial charge is 0.494 e. The van der Waals surface area contributed by atoms with Crippen LogP contribution >= 0.6 is 0 Å². The Kier molecular flexibility index (Phi) is 6.30. The van der Waals surface area contributed by atoms with E-state index in [-0.39, 0.29) is 18.4 Å². The van der Waals surface area contributed by atoms with E-state index in [1.165, 1.54) is 0 Å². The van der Waals surface area contributed by atoms with E-state index in [1.54, 1.807) is 18.1 Å². The summed E-state index contributed by atoms with van der Waals surface area (Å²) in [5.74, 6) is 1.23. The molecule has 1 saturated heterocycles. The van der Waals surface area contributed by atoms with Crippen LogP contribution in [0.2, 0.25) is 0 Å². The molecule has 1 unspecified atom stereocenters. The average molecular weight is 520 g/mol. The van der Waals surface area contributed by atoms with Crippen LogP contribution in [0.5, 0.6) is 5.75 Å². The van der Waals surface area contributed by atoms with Crippen molar-refractivity contribution >= 4 is 28.3 Å². The second-order valence-electron chi connectivity index (χ2n) is 9.94. The van der Waals surface area contributed by atoms with Crippen LogP contribution in [0.25, 0.3) is 22.6 Å². The molecule has 6 rings (SSSR count). The highest BCUT2D eigenvalue weighted by Crippen LogP contribution is 2.39. The number of halogens is 1. The van der Waals surface area contributed by atoms with Gasteiger partial charge in [0.15, 0.2) is 17.2 Å². The fraction of sp³-hybridized carbons (Fsp3) is 0.444. The number of alkyl halides is 1. The van der Waals surface area contributed by atoms with Crippen molar-refractivity contribution in [1.29, 1.82) is 0 Å². The van der Waals surface area contributed by atoms with Crippen LogP contribution in [0.15, 0.2) is 30.6 Å². The van der Waals surface area contributed by atoms with Crippen LogP contribution in [0.4, 0.5) is 15.8 Å². The minimum atomic E-state index is -1.04. The molecular formula is C27H30FN7O3. The lowest BCUT2D eigenvalue weighted by molar-refractivity contribution is -0.120. The van der Waals surface area contributed by atoms with E-state index in [9.17, 15) is 9.18 Å². The minimum Gasteiger partial charge on any atom is -0.494 e. The number of imidazole rings is 1. The molecular weight excluding hydrogens is 489 g/mol. The number of nitrogens with zero attached hydrogens (tertiary/aromatic N) is 6. The van der Waals surface area contributed by atoms with Gasteiger partial charge in [-0.15, -0.1) is 0 Å². The molecule has 0 spiro atoms. The monoisotopic (exact) mass is 519 g/mol. The van der Waals surface area contributed by atoms with Crippen molar-refractivity contribution in [3.63, 3.8) is 0 Å². The van der Waals surface area contributed by atoms with Gasteiger partial charge < -0.3 is 14.8 Å². The highest BCUT2D eigenvalue weighted by molar-refractivity contribution is 5.92. The molecule has 0 bridgehead atoms. The number of ether oxygens (including phenoxy) is 2. The number of carbonyl (C=O) groups excluding carboxylic acids is 1. The summed E-state index contributed by atoms with van der Waals surface area (Å²) in [6, 6.07) is 7.51. The molecule has 4 heterocycles. The molecule has 198 valence electrons. The number of aromatic nitrogens is 6. The predicted octanol–water partition coefficient (Wildman–Crippen LogP) is 4.46. The number of anilines is 2. The molecule has 1 saturated carbocycles. The molecule has 0 amide bonds. The van der Waals surface area contributed by atoms with Gasteiger partial charge in [0.25, 0.3) is 0 Å². The van der Waals surface area contributed by atoms with Gasteiger partial charge in [-0.2, -0.15) is 5.10 Å². The number of aryl methyl sites for hydroxylation is 2. The number of para-hydroxylation sites is 1. The fourth-order valence-electron chi connectivity index (χ4n) is 5.13. The van der Waals surface area contributed by atoms with Gasteiger partial charge >= 0.3 is 0 Å². The second-order valence-corrected chi connectivity index (χ2v) is 9.94. The van der Waals surface area contributed by atoms with Gasteiger partial charge in [0.2, 0.25) is 0 Å². The van der Waals surface area contributed by atoms with E-state index < -0.39 is 12.1 Å². The molecule has 10 nitrogen and oxygen atoms in total. The van der Waals surface area contributed by atoms with Crippen LogP contribution in [0.1, 0.15) is 43.4 Å². The Labute approximate surface area is 219 Å². The fourth-order valence-corrected chi connectivity index (χ4v) is 5.13. The average Bonchev–Trinajstić information content (AvgIpc) is 3.33. The first-order chi connectivity index (χ1) is 18.4. The van der Waals surface area contributed by atoms with Crippen molar-refractivity contribution in [2.45, 2.75) is 51.4 Å². The third-order valence-electron chi connectivity index (χ3n) is 7.13. The number of hydrogen-bond donors (Lipinski definition) is 1. The quantitative estimate of drug-likeness (QED) is 0.364. The summed E-state index contributed by atoms with van der Waals surface area (Å²) in [7, 11) is 3.41. The highest BCUT2D eigenvalue weighted by atomic mass is 19.1. The molecule has 11 heteroatoms. The van der Waals surface area contributed by atoms with Gasteiger partial charge in [0, 0.05) is 20.1 Å². The zero-order chi connectivity index (χ0) is 26.4. The van der Waals surface area contributed by atoms with Crippen molar-refractivity contribution in [3.05, 3.63) is 42.1 Å². The highest BCUT2D eigenvalue weighted by Gasteiger charge is 2.43. The lowest BCUT2D eigenvalue weighted by Gasteiger charge is -2.25. The molecule has 1 aliphatic heterocycles. The van der Waals surface area contributed by atoms with Crippen molar-refractivity contribution in [3.8, 4) is 17.1 Å². The third-order valence-corrected chi connectivity index (χ3v) is 7.13. The minimum absolute atomic E-state index is 0.0560. The van der Waals surface area contributed by atoms with Gasteiger partial charge in [-0.3, -0.25) is 14.0 Å². The van der Waals surface area contributed by atoms with Crippen LogP contribution in [0.3, 0.4) is 0 Å². The van der Waals surface area contributed by atoms with Crippen LogP contribution in [0, 0.1) is 12.8 Å². The maximum absolute atomic E-state index is 13.6. The molecule has 1 aromatic carbocycles. The van der Waals surface area contributed by atoms with E-state index in [4.69, 9.17) is 19.4 Å². The van der Waals surface area contributed by atoms with E-state index in [0.717, 1.165) is 30.7 Å². The van der Waals surface area contributed by atoms with Crippen molar-refractivity contribution in [2.75, 3.05) is 19.0 Å². The first-order valence-electron chi connectivity index (χ1n) is 12.9. The van der Waals surface area contributed by atoms with Gasteiger partial charge in [-0.25, -0.2) is 19.3 Å². The number of carbonyl (C=O) groups is 1. The number of methoxy groups -OCH3 is 1. The number of rotatable bonds is 8. The summed E-state index contributed by atoms with van der Waals surface area (Å²) < 4.78 is 29.1. The Hall–Kier alpha value is -3.86. The molecule has 1 N–H and O–H groups in total. The molecule has 2 fully saturated rings. The SMILES string of the molecule is COc1c(Nc2cc(CC(=O)[C@H]3C[C@H]3F)nc3c2nc(C)n3C2CCCCO2)cccc1-c1ncn(C)n1. The summed E-state index contributed by atoms with van der Waals surface area (Å²) in [4.78, 5) is 26.8. The lowest BCUT2D eigenvalue weighted by atomic mass is 10.1. The first-order valence-corrected chi connectivity index (χ1v) is 12.9. The van der Waals surface area contributed by atoms with Gasteiger partial charge in [-0.1, -0.05) is 6.07 Å². The normalized spacial score (nSPS) is 21.0. The molecule has 3 atom stereocenters. The number of hydrogen-bond acceptors (Lipinski definition) is 8. The van der Waals surface area contributed by atoms with Crippen LogP contribution < -0.4 is 10.1 Å². The standard InChI is InChI=1S/C27H30FN7O3/c1-15-30-24-21(32-20-8-6-7-17(25(20)37-3)26-29-14-34(2)33-26)11-16(12-22(36)18-13-19(18)28)31-27(24)35(15)23-9-4-5-10-38-23/h6-8,11,14,18-19,23H,4-5,9-10,12-13H2,1-3H3,(H,31,32)/t18-,19+,23?/m0/s1. The molecule has 0 radical (unpaired) electrons. The Bertz CT molecular complexity index is 1510. The van der Waals surface area contributed by atoms with Crippen molar-refractivity contribution in [1.82, 2.24) is 29.3 Å². The Morgan fingerprint density at radius 3 is 2.79 bits per heavy atom. The Morgan fingerprint density at radius 1 is 1.26 bits per heavy atom. The number of fused-ring (bicyclic) bond motifs is 1. The lowest BCUT2D eigenvalue weighted by Crippen LogP contribution is -2.19. The summed E-state index contributed by atoms with van der Waals surface area (Å²) in [5.41, 5.74) is 3.95. The second kappa shape index (κ2) is 9.79. The van der Waals surface area contributed by atoms with E-state index >= 15 is 0 Å². The number of ketones is 1. The number of Topliss-reactive ketones (excluding diaryl/α,β-unsaturated/α-hetero) is 1. The first kappa shape index (κ1) is 24.5. The predicted molar refractivity (Wildman–Crippen MR) is 139 cm³/mol. The zero-order valence-corrected chi connectivity index (χ0v) is 21.6. The zero-order valence-electron chi connectivity index (χ0n) is 21.6. The number of benzene rings is 1. The molecule has 38 heavy (non-hydrogen) atoms. The van der Waals surface area contributed by atoms with Gasteiger partial charge in [0.05, 0.1) is 35.7 Å². The Morgan fingerprint density at radius 2 is 2.11 bits per heavy atom. The van der Waals surface area contributed by atoms with Gasteiger partial charge in [0.1, 0.15) is 35.9 Å². The van der Waals surface area contributed by atoms with E-state index in [0.29, 0.717) is 52.8 Å². The van der Waals surface area contributed by atoms with E-state index in [1.807, 2.05) is 42.8 Å². The summed E-state index contributed by atoms with van der Waals surface area (Å²) >= 11 is 0. The van der Waals surface area contributed by atoms with Crippen molar-refractivity contribution < 1.29 is 18.7 Å². The third kappa shape index (κ3) is 4.51. The summed E-state index contributed by atoms with van der Waals surface area (Å²) in [5, 5.41) is 7.88. The maximum atomic E-state index is 13.6. The van der Waals surface area contributed by atoms with Crippen LogP contribution in [-0.4, -0.2) is 55.0 Å².